The van der Waals surface area contributed by atoms with Crippen LogP contribution >= 0.6 is 0 Å². The van der Waals surface area contributed by atoms with Crippen molar-refractivity contribution in [1.82, 2.24) is 10.6 Å². The first-order chi connectivity index (χ1) is 15.6. The van der Waals surface area contributed by atoms with Crippen LogP contribution in [0.15, 0.2) is 30.3 Å². The summed E-state index contributed by atoms with van der Waals surface area (Å²) >= 11 is 0. The Morgan fingerprint density at radius 3 is 2.33 bits per heavy atom. The summed E-state index contributed by atoms with van der Waals surface area (Å²) in [5, 5.41) is 14.7. The Morgan fingerprint density at radius 1 is 1.00 bits per heavy atom. The number of esters is 1. The summed E-state index contributed by atoms with van der Waals surface area (Å²) < 4.78 is 5.36. The zero-order valence-electron chi connectivity index (χ0n) is 20.0. The highest BCUT2D eigenvalue weighted by atomic mass is 16.6. The molecule has 33 heavy (non-hydrogen) atoms. The van der Waals surface area contributed by atoms with E-state index in [0.29, 0.717) is 37.9 Å². The number of hydrogen-bond acceptors (Lipinski definition) is 7. The molecule has 1 rings (SSSR count). The molecule has 0 fully saturated rings. The third kappa shape index (κ3) is 13.5. The second-order valence-electron chi connectivity index (χ2n) is 9.04. The zero-order valence-corrected chi connectivity index (χ0v) is 20.0. The smallest absolute Gasteiger partial charge is 0.307 e. The van der Waals surface area contributed by atoms with Gasteiger partial charge in [0, 0.05) is 24.4 Å². The number of rotatable bonds is 16. The van der Waals surface area contributed by atoms with Gasteiger partial charge in [-0.15, -0.1) is 0 Å². The van der Waals surface area contributed by atoms with Crippen molar-refractivity contribution in [3.63, 3.8) is 0 Å². The first-order valence-corrected chi connectivity index (χ1v) is 11.5. The van der Waals surface area contributed by atoms with Gasteiger partial charge in [0.2, 0.25) is 5.91 Å². The normalized spacial score (nSPS) is 12.1. The van der Waals surface area contributed by atoms with Gasteiger partial charge in [-0.2, -0.15) is 0 Å². The fourth-order valence-electron chi connectivity index (χ4n) is 3.20. The van der Waals surface area contributed by atoms with Crippen molar-refractivity contribution >= 4 is 23.4 Å². The highest BCUT2D eigenvalue weighted by Gasteiger charge is 2.25. The number of aliphatic hydroxyl groups excluding tert-OH is 1. The van der Waals surface area contributed by atoms with Crippen LogP contribution in [0.4, 0.5) is 0 Å². The van der Waals surface area contributed by atoms with Crippen LogP contribution in [0.1, 0.15) is 69.7 Å². The SMILES string of the molecule is CC(C)(C)OC(=O)CC(CCCCNCC(=O)c1ccccc1)C(=O)NCCCC(=O)CO. The maximum Gasteiger partial charge on any atom is 0.307 e. The van der Waals surface area contributed by atoms with E-state index in [1.54, 1.807) is 32.9 Å². The first kappa shape index (κ1) is 28.5. The molecule has 1 aromatic carbocycles. The number of ketones is 2. The van der Waals surface area contributed by atoms with Gasteiger partial charge in [0.25, 0.3) is 0 Å². The Hall–Kier alpha value is -2.58. The number of carbonyl (C=O) groups is 4. The number of unbranched alkanes of at least 4 members (excludes halogenated alkanes) is 1. The summed E-state index contributed by atoms with van der Waals surface area (Å²) in [6, 6.07) is 9.08. The lowest BCUT2D eigenvalue weighted by Gasteiger charge is -2.22. The van der Waals surface area contributed by atoms with E-state index in [2.05, 4.69) is 10.6 Å². The molecule has 0 spiro atoms. The molecule has 1 unspecified atom stereocenters. The Balaban J connectivity index is 2.43. The van der Waals surface area contributed by atoms with Gasteiger partial charge in [-0.1, -0.05) is 36.8 Å². The van der Waals surface area contributed by atoms with Gasteiger partial charge in [0.15, 0.2) is 11.6 Å². The number of amides is 1. The molecule has 0 radical (unpaired) electrons. The molecule has 0 bridgehead atoms. The molecule has 0 aliphatic carbocycles. The average Bonchev–Trinajstić information content (AvgIpc) is 2.76. The molecule has 0 aliphatic heterocycles. The number of hydrogen-bond donors (Lipinski definition) is 3. The highest BCUT2D eigenvalue weighted by molar-refractivity contribution is 5.97. The lowest BCUT2D eigenvalue weighted by atomic mass is 9.97. The minimum Gasteiger partial charge on any atom is -0.460 e. The Kier molecular flexibility index (Phi) is 13.2. The number of carbonyl (C=O) groups excluding carboxylic acids is 4. The third-order valence-electron chi connectivity index (χ3n) is 4.85. The van der Waals surface area contributed by atoms with Crippen LogP contribution in [0.2, 0.25) is 0 Å². The molecular formula is C25H38N2O6. The molecule has 0 saturated carbocycles. The van der Waals surface area contributed by atoms with Crippen LogP contribution in [0, 0.1) is 5.92 Å². The van der Waals surface area contributed by atoms with Crippen molar-refractivity contribution in [1.29, 1.82) is 0 Å². The number of nitrogens with one attached hydrogen (secondary N) is 2. The van der Waals surface area contributed by atoms with Gasteiger partial charge >= 0.3 is 5.97 Å². The predicted molar refractivity (Wildman–Crippen MR) is 126 cm³/mol. The number of aliphatic hydroxyl groups is 1. The minimum absolute atomic E-state index is 0.0153. The number of ether oxygens (including phenoxy) is 1. The van der Waals surface area contributed by atoms with Crippen molar-refractivity contribution in [3.8, 4) is 0 Å². The van der Waals surface area contributed by atoms with E-state index >= 15 is 0 Å². The maximum absolute atomic E-state index is 12.6. The molecule has 0 aliphatic rings. The second-order valence-corrected chi connectivity index (χ2v) is 9.04. The summed E-state index contributed by atoms with van der Waals surface area (Å²) in [5.74, 6) is -1.45. The van der Waals surface area contributed by atoms with E-state index in [0.717, 1.165) is 6.42 Å². The van der Waals surface area contributed by atoms with Crippen LogP contribution in [-0.2, 0) is 19.1 Å². The summed E-state index contributed by atoms with van der Waals surface area (Å²) in [5.41, 5.74) is 0.0395. The molecule has 1 aromatic rings. The quantitative estimate of drug-likeness (QED) is 0.196. The number of Topliss-reactive ketones (excluding diaryl/α,β-unsaturated/α-hetero) is 2. The van der Waals surface area contributed by atoms with Crippen LogP contribution in [0.3, 0.4) is 0 Å². The molecule has 184 valence electrons. The summed E-state index contributed by atoms with van der Waals surface area (Å²) in [4.78, 5) is 48.1. The van der Waals surface area contributed by atoms with Gasteiger partial charge in [-0.25, -0.2) is 0 Å². The second kappa shape index (κ2) is 15.3. The van der Waals surface area contributed by atoms with Crippen molar-refractivity contribution in [2.75, 3.05) is 26.2 Å². The molecule has 8 heteroatoms. The van der Waals surface area contributed by atoms with Crippen LogP contribution < -0.4 is 10.6 Å². The molecule has 0 aromatic heterocycles. The summed E-state index contributed by atoms with van der Waals surface area (Å²) in [7, 11) is 0. The Labute approximate surface area is 196 Å². The monoisotopic (exact) mass is 462 g/mol. The van der Waals surface area contributed by atoms with Crippen molar-refractivity contribution in [2.45, 2.75) is 64.9 Å². The topological polar surface area (TPSA) is 122 Å². The van der Waals surface area contributed by atoms with Crippen LogP contribution in [-0.4, -0.2) is 60.4 Å². The minimum atomic E-state index is -0.627. The van der Waals surface area contributed by atoms with Crippen molar-refractivity contribution in [3.05, 3.63) is 35.9 Å². The first-order valence-electron chi connectivity index (χ1n) is 11.5. The lowest BCUT2D eigenvalue weighted by Crippen LogP contribution is -2.34. The standard InChI is InChI=1S/C25H38N2O6/c1-25(2,3)33-23(31)16-20(24(32)27-15-9-13-21(29)18-28)12-7-8-14-26-17-22(30)19-10-5-4-6-11-19/h4-6,10-11,20,26,28H,7-9,12-18H2,1-3H3,(H,27,32). The van der Waals surface area contributed by atoms with E-state index in [1.807, 2.05) is 18.2 Å². The predicted octanol–water partition coefficient (Wildman–Crippen LogP) is 2.44. The van der Waals surface area contributed by atoms with Gasteiger partial charge in [0.05, 0.1) is 13.0 Å². The van der Waals surface area contributed by atoms with Gasteiger partial charge in [0.1, 0.15) is 12.2 Å². The van der Waals surface area contributed by atoms with Crippen molar-refractivity contribution < 1.29 is 29.0 Å². The van der Waals surface area contributed by atoms with Gasteiger partial charge < -0.3 is 20.5 Å². The van der Waals surface area contributed by atoms with Crippen molar-refractivity contribution in [2.24, 2.45) is 5.92 Å². The molecule has 0 heterocycles. The zero-order chi connectivity index (χ0) is 24.7. The van der Waals surface area contributed by atoms with E-state index in [4.69, 9.17) is 9.84 Å². The molecule has 1 atom stereocenters. The van der Waals surface area contributed by atoms with E-state index < -0.39 is 24.1 Å². The number of benzene rings is 1. The molecular weight excluding hydrogens is 424 g/mol. The van der Waals surface area contributed by atoms with Gasteiger partial charge in [-0.3, -0.25) is 19.2 Å². The highest BCUT2D eigenvalue weighted by Crippen LogP contribution is 2.17. The molecule has 1 amide bonds. The lowest BCUT2D eigenvalue weighted by molar-refractivity contribution is -0.157. The molecule has 0 saturated heterocycles. The molecule has 3 N–H and O–H groups in total. The van der Waals surface area contributed by atoms with Gasteiger partial charge in [-0.05, 0) is 46.6 Å². The van der Waals surface area contributed by atoms with E-state index in [9.17, 15) is 19.2 Å². The molecule has 8 nitrogen and oxygen atoms in total. The fraction of sp³-hybridized carbons (Fsp3) is 0.600. The Morgan fingerprint density at radius 2 is 1.70 bits per heavy atom. The maximum atomic E-state index is 12.6. The van der Waals surface area contributed by atoms with E-state index in [-0.39, 0.29) is 36.9 Å². The largest absolute Gasteiger partial charge is 0.460 e. The van der Waals surface area contributed by atoms with E-state index in [1.165, 1.54) is 0 Å². The van der Waals surface area contributed by atoms with Crippen LogP contribution in [0.5, 0.6) is 0 Å². The van der Waals surface area contributed by atoms with Crippen LogP contribution in [0.25, 0.3) is 0 Å². The fourth-order valence-corrected chi connectivity index (χ4v) is 3.20. The third-order valence-corrected chi connectivity index (χ3v) is 4.85. The summed E-state index contributed by atoms with van der Waals surface area (Å²) in [6.45, 7) is 6.02. The average molecular weight is 463 g/mol. The Bertz CT molecular complexity index is 758. The summed E-state index contributed by atoms with van der Waals surface area (Å²) in [6.07, 6.45) is 2.58.